The number of carbonyl (C=O) groups is 2. The molecule has 2 unspecified atom stereocenters. The van der Waals surface area contributed by atoms with E-state index in [0.717, 1.165) is 16.7 Å². The molecule has 2 aromatic carbocycles. The smallest absolute Gasteiger partial charge is 0.254 e. The lowest BCUT2D eigenvalue weighted by Gasteiger charge is -2.44. The van der Waals surface area contributed by atoms with Gasteiger partial charge in [0.05, 0.1) is 6.04 Å². The first-order valence-electron chi connectivity index (χ1n) is 8.99. The summed E-state index contributed by atoms with van der Waals surface area (Å²) in [6.45, 7) is 6.36. The standard InChI is InChI=1S/C22H23N3O2/c1-21(2)20(25-18(26)10-11-19(25)27)16-12-15(24)8-9-17(16)22(21,3)13-4-6-14(23)7-5-13/h4-12,20H,23-24H2,1-3H3. The number of amides is 2. The van der Waals surface area contributed by atoms with Gasteiger partial charge in [0.15, 0.2) is 0 Å². The molecule has 5 heteroatoms. The highest BCUT2D eigenvalue weighted by atomic mass is 16.2. The van der Waals surface area contributed by atoms with Gasteiger partial charge in [-0.3, -0.25) is 14.5 Å². The highest BCUT2D eigenvalue weighted by Gasteiger charge is 2.59. The maximum absolute atomic E-state index is 12.5. The molecule has 0 saturated carbocycles. The zero-order valence-corrected chi connectivity index (χ0v) is 15.7. The van der Waals surface area contributed by atoms with Crippen LogP contribution < -0.4 is 11.5 Å². The first-order chi connectivity index (χ1) is 12.7. The quantitative estimate of drug-likeness (QED) is 0.635. The van der Waals surface area contributed by atoms with E-state index >= 15 is 0 Å². The molecule has 2 atom stereocenters. The zero-order valence-electron chi connectivity index (χ0n) is 15.7. The van der Waals surface area contributed by atoms with E-state index in [1.54, 1.807) is 0 Å². The molecule has 5 nitrogen and oxygen atoms in total. The Morgan fingerprint density at radius 1 is 0.852 bits per heavy atom. The van der Waals surface area contributed by atoms with E-state index in [2.05, 4.69) is 20.8 Å². The van der Waals surface area contributed by atoms with Crippen LogP contribution in [0.5, 0.6) is 0 Å². The van der Waals surface area contributed by atoms with Crippen molar-refractivity contribution in [2.45, 2.75) is 32.2 Å². The van der Waals surface area contributed by atoms with E-state index in [4.69, 9.17) is 11.5 Å². The number of rotatable bonds is 2. The molecule has 2 aliphatic rings. The second-order valence-corrected chi connectivity index (χ2v) is 8.10. The molecule has 27 heavy (non-hydrogen) atoms. The number of imide groups is 1. The van der Waals surface area contributed by atoms with Crippen LogP contribution in [-0.2, 0) is 15.0 Å². The molecule has 0 aromatic heterocycles. The minimum Gasteiger partial charge on any atom is -0.399 e. The molecule has 1 aliphatic carbocycles. The van der Waals surface area contributed by atoms with Crippen molar-refractivity contribution in [1.29, 1.82) is 0 Å². The van der Waals surface area contributed by atoms with Crippen LogP contribution in [0.15, 0.2) is 54.6 Å². The van der Waals surface area contributed by atoms with Crippen LogP contribution >= 0.6 is 0 Å². The molecular formula is C22H23N3O2. The fraction of sp³-hybridized carbons (Fsp3) is 0.273. The van der Waals surface area contributed by atoms with Crippen molar-refractivity contribution in [3.8, 4) is 0 Å². The number of nitrogens with zero attached hydrogens (tertiary/aromatic N) is 1. The number of nitrogen functional groups attached to an aromatic ring is 2. The molecule has 2 aromatic rings. The van der Waals surface area contributed by atoms with E-state index in [1.807, 2.05) is 42.5 Å². The fourth-order valence-electron chi connectivity index (χ4n) is 4.74. The lowest BCUT2D eigenvalue weighted by atomic mass is 9.62. The molecule has 0 radical (unpaired) electrons. The first-order valence-corrected chi connectivity index (χ1v) is 8.99. The molecule has 0 bridgehead atoms. The van der Waals surface area contributed by atoms with Gasteiger partial charge in [-0.25, -0.2) is 0 Å². The summed E-state index contributed by atoms with van der Waals surface area (Å²) in [6.07, 6.45) is 2.67. The van der Waals surface area contributed by atoms with E-state index in [1.165, 1.54) is 17.1 Å². The van der Waals surface area contributed by atoms with Crippen LogP contribution in [0.3, 0.4) is 0 Å². The Bertz CT molecular complexity index is 973. The topological polar surface area (TPSA) is 89.4 Å². The highest BCUT2D eigenvalue weighted by molar-refractivity contribution is 6.13. The van der Waals surface area contributed by atoms with Gasteiger partial charge in [-0.1, -0.05) is 39.0 Å². The van der Waals surface area contributed by atoms with Crippen molar-refractivity contribution in [3.05, 3.63) is 71.3 Å². The third kappa shape index (κ3) is 2.17. The fourth-order valence-corrected chi connectivity index (χ4v) is 4.74. The maximum atomic E-state index is 12.5. The number of benzene rings is 2. The Morgan fingerprint density at radius 2 is 1.41 bits per heavy atom. The van der Waals surface area contributed by atoms with Crippen molar-refractivity contribution in [2.75, 3.05) is 11.5 Å². The first kappa shape index (κ1) is 17.3. The zero-order chi connectivity index (χ0) is 19.6. The van der Waals surface area contributed by atoms with Crippen LogP contribution in [-0.4, -0.2) is 16.7 Å². The van der Waals surface area contributed by atoms with Gasteiger partial charge in [0.2, 0.25) is 0 Å². The summed E-state index contributed by atoms with van der Waals surface area (Å²) < 4.78 is 0. The van der Waals surface area contributed by atoms with Crippen LogP contribution in [0, 0.1) is 5.41 Å². The predicted octanol–water partition coefficient (Wildman–Crippen LogP) is 3.16. The number of hydrogen-bond donors (Lipinski definition) is 2. The predicted molar refractivity (Wildman–Crippen MR) is 106 cm³/mol. The average Bonchev–Trinajstić information content (AvgIpc) is 3.01. The van der Waals surface area contributed by atoms with Gasteiger partial charge in [-0.05, 0) is 41.0 Å². The summed E-state index contributed by atoms with van der Waals surface area (Å²) in [5.74, 6) is -0.569. The number of hydrogen-bond acceptors (Lipinski definition) is 4. The Morgan fingerprint density at radius 3 is 2.00 bits per heavy atom. The molecule has 2 amide bonds. The van der Waals surface area contributed by atoms with Gasteiger partial charge in [-0.15, -0.1) is 0 Å². The Labute approximate surface area is 158 Å². The van der Waals surface area contributed by atoms with Crippen molar-refractivity contribution in [1.82, 2.24) is 4.90 Å². The van der Waals surface area contributed by atoms with E-state index in [-0.39, 0.29) is 11.8 Å². The average molecular weight is 361 g/mol. The van der Waals surface area contributed by atoms with Crippen LogP contribution in [0.1, 0.15) is 43.5 Å². The second kappa shape index (κ2) is 5.46. The lowest BCUT2D eigenvalue weighted by Crippen LogP contribution is -2.46. The number of anilines is 2. The van der Waals surface area contributed by atoms with Crippen LogP contribution in [0.2, 0.25) is 0 Å². The second-order valence-electron chi connectivity index (χ2n) is 8.10. The molecule has 4 N–H and O–H groups in total. The monoisotopic (exact) mass is 361 g/mol. The summed E-state index contributed by atoms with van der Waals surface area (Å²) in [7, 11) is 0. The van der Waals surface area contributed by atoms with Crippen molar-refractivity contribution in [3.63, 3.8) is 0 Å². The van der Waals surface area contributed by atoms with Crippen molar-refractivity contribution < 1.29 is 9.59 Å². The van der Waals surface area contributed by atoms with Gasteiger partial charge >= 0.3 is 0 Å². The summed E-state index contributed by atoms with van der Waals surface area (Å²) in [4.78, 5) is 26.4. The summed E-state index contributed by atoms with van der Waals surface area (Å²) in [5, 5.41) is 0. The molecule has 0 saturated heterocycles. The summed E-state index contributed by atoms with van der Waals surface area (Å²) >= 11 is 0. The number of fused-ring (bicyclic) bond motifs is 1. The SMILES string of the molecule is CC1(c2ccc(N)cc2)c2ccc(N)cc2C(N2C(=O)C=CC2=O)C1(C)C. The van der Waals surface area contributed by atoms with Gasteiger partial charge in [-0.2, -0.15) is 0 Å². The Kier molecular flexibility index (Phi) is 3.51. The van der Waals surface area contributed by atoms with Crippen molar-refractivity contribution in [2.24, 2.45) is 5.41 Å². The Balaban J connectivity index is 1.99. The minimum absolute atomic E-state index is 0.284. The number of carbonyl (C=O) groups excluding carboxylic acids is 2. The van der Waals surface area contributed by atoms with Crippen LogP contribution in [0.4, 0.5) is 11.4 Å². The maximum Gasteiger partial charge on any atom is 0.254 e. The highest BCUT2D eigenvalue weighted by Crippen LogP contribution is 2.62. The van der Waals surface area contributed by atoms with Crippen LogP contribution in [0.25, 0.3) is 0 Å². The van der Waals surface area contributed by atoms with E-state index < -0.39 is 16.9 Å². The summed E-state index contributed by atoms with van der Waals surface area (Å²) in [6, 6.07) is 13.2. The van der Waals surface area contributed by atoms with Gasteiger partial charge in [0.25, 0.3) is 11.8 Å². The molecule has 4 rings (SSSR count). The van der Waals surface area contributed by atoms with Crippen molar-refractivity contribution >= 4 is 23.2 Å². The minimum atomic E-state index is -0.462. The molecule has 0 spiro atoms. The molecule has 138 valence electrons. The molecule has 1 heterocycles. The lowest BCUT2D eigenvalue weighted by molar-refractivity contribution is -0.143. The Hall–Kier alpha value is -3.08. The van der Waals surface area contributed by atoms with Gasteiger partial charge < -0.3 is 11.5 Å². The van der Waals surface area contributed by atoms with E-state index in [0.29, 0.717) is 11.4 Å². The third-order valence-corrected chi connectivity index (χ3v) is 6.47. The third-order valence-electron chi connectivity index (χ3n) is 6.47. The number of nitrogens with two attached hydrogens (primary N) is 2. The molecular weight excluding hydrogens is 338 g/mol. The van der Waals surface area contributed by atoms with Gasteiger partial charge in [0.1, 0.15) is 0 Å². The van der Waals surface area contributed by atoms with Gasteiger partial charge in [0, 0.05) is 34.4 Å². The van der Waals surface area contributed by atoms with E-state index in [9.17, 15) is 9.59 Å². The molecule has 1 aliphatic heterocycles. The largest absolute Gasteiger partial charge is 0.399 e. The normalized spacial score (nSPS) is 25.9. The summed E-state index contributed by atoms with van der Waals surface area (Å²) in [5.41, 5.74) is 15.5. The molecule has 0 fully saturated rings.